The Morgan fingerprint density at radius 1 is 1.45 bits per heavy atom. The van der Waals surface area contributed by atoms with Crippen molar-refractivity contribution in [2.24, 2.45) is 0 Å². The van der Waals surface area contributed by atoms with Crippen LogP contribution < -0.4 is 4.74 Å². The van der Waals surface area contributed by atoms with E-state index in [0.717, 1.165) is 14.7 Å². The van der Waals surface area contributed by atoms with E-state index < -0.39 is 15.7 Å². The number of aromatic nitrogens is 4. The fourth-order valence-electron chi connectivity index (χ4n) is 1.64. The number of carbonyl (C=O) groups is 1. The fourth-order valence-corrected chi connectivity index (χ4v) is 5.96. The van der Waals surface area contributed by atoms with Gasteiger partial charge in [0.15, 0.2) is 15.1 Å². The van der Waals surface area contributed by atoms with Crippen LogP contribution in [0.25, 0.3) is 11.0 Å². The van der Waals surface area contributed by atoms with Crippen LogP contribution in [0, 0.1) is 0 Å². The number of carboxylic acid groups (broad SMARTS) is 1. The van der Waals surface area contributed by atoms with Crippen molar-refractivity contribution >= 4 is 48.8 Å². The van der Waals surface area contributed by atoms with Crippen LogP contribution in [0.2, 0.25) is 0 Å². The van der Waals surface area contributed by atoms with Crippen molar-refractivity contribution < 1.29 is 14.6 Å². The van der Waals surface area contributed by atoms with E-state index >= 15 is 0 Å². The molecule has 3 aromatic rings. The van der Waals surface area contributed by atoms with Crippen molar-refractivity contribution in [2.75, 3.05) is 7.11 Å². The normalized spacial score (nSPS) is 11.8. The summed E-state index contributed by atoms with van der Waals surface area (Å²) in [5.74, 6) is -0.293. The summed E-state index contributed by atoms with van der Waals surface area (Å²) in [7, 11) is 2.68. The van der Waals surface area contributed by atoms with Crippen LogP contribution in [0.3, 0.4) is 0 Å². The molecule has 1 atom stereocenters. The molecular formula is C12H11N4O3S3+. The average Bonchev–Trinajstić information content (AvgIpc) is 3.10. The molecule has 0 aromatic carbocycles. The zero-order valence-electron chi connectivity index (χ0n) is 11.4. The first-order valence-corrected chi connectivity index (χ1v) is 9.61. The predicted molar refractivity (Wildman–Crippen MR) is 85.7 cm³/mol. The van der Waals surface area contributed by atoms with Gasteiger partial charge in [-0.2, -0.15) is 4.98 Å². The maximum atomic E-state index is 10.6. The van der Waals surface area contributed by atoms with Crippen LogP contribution in [-0.4, -0.2) is 37.7 Å². The second-order valence-electron chi connectivity index (χ2n) is 4.19. The van der Waals surface area contributed by atoms with Gasteiger partial charge in [0.1, 0.15) is 5.01 Å². The van der Waals surface area contributed by atoms with Crippen molar-refractivity contribution in [2.45, 2.75) is 17.2 Å². The minimum absolute atomic E-state index is 0.0661. The zero-order valence-corrected chi connectivity index (χ0v) is 13.9. The number of rotatable bonds is 6. The Morgan fingerprint density at radius 2 is 2.32 bits per heavy atom. The molecule has 0 aliphatic carbocycles. The molecule has 0 aliphatic heterocycles. The molecule has 0 saturated carbocycles. The second-order valence-corrected chi connectivity index (χ2v) is 8.56. The molecule has 3 heterocycles. The smallest absolute Gasteiger partial charge is 0.303 e. The minimum Gasteiger partial charge on any atom is -0.481 e. The molecule has 22 heavy (non-hydrogen) atoms. The standard InChI is InChI=1S/C12H10N4O3S3/c1-19-8-3-2-7-6-22(16-11(7)13-8)21-12-15-14-9(20-12)4-5-10(17)18/h2-3,6H,4-5H2,1H3/p+1. The highest BCUT2D eigenvalue weighted by atomic mass is 33.1. The number of carboxylic acids is 1. The highest BCUT2D eigenvalue weighted by Crippen LogP contribution is 2.40. The molecule has 7 nitrogen and oxygen atoms in total. The van der Waals surface area contributed by atoms with Gasteiger partial charge in [0.25, 0.3) is 0 Å². The fraction of sp³-hybridized carbons (Fsp3) is 0.250. The number of aliphatic carboxylic acids is 1. The van der Waals surface area contributed by atoms with E-state index in [0.29, 0.717) is 17.9 Å². The SMILES string of the molecule is COc1ccc2c[s+](Sc3nnc(CCC(=O)O)s3)nc2n1. The van der Waals surface area contributed by atoms with Crippen molar-refractivity contribution in [3.05, 3.63) is 22.5 Å². The van der Waals surface area contributed by atoms with Gasteiger partial charge in [-0.1, -0.05) is 11.3 Å². The predicted octanol–water partition coefficient (Wildman–Crippen LogP) is 2.81. The summed E-state index contributed by atoms with van der Waals surface area (Å²) in [6, 6.07) is 3.73. The van der Waals surface area contributed by atoms with Crippen LogP contribution in [0.15, 0.2) is 21.9 Å². The highest BCUT2D eigenvalue weighted by Gasteiger charge is 2.19. The number of ether oxygens (including phenoxy) is 1. The molecule has 0 saturated heterocycles. The Morgan fingerprint density at radius 3 is 3.09 bits per heavy atom. The van der Waals surface area contributed by atoms with Gasteiger partial charge in [-0.25, -0.2) is 0 Å². The summed E-state index contributed by atoms with van der Waals surface area (Å²) < 4.78 is 10.4. The molecule has 10 heteroatoms. The van der Waals surface area contributed by atoms with Crippen LogP contribution in [0.4, 0.5) is 0 Å². The largest absolute Gasteiger partial charge is 0.481 e. The summed E-state index contributed by atoms with van der Waals surface area (Å²) >= 11 is 1.41. The van der Waals surface area contributed by atoms with E-state index in [1.807, 2.05) is 11.4 Å². The Hall–Kier alpha value is -1.78. The number of aryl methyl sites for hydroxylation is 1. The zero-order chi connectivity index (χ0) is 15.5. The summed E-state index contributed by atoms with van der Waals surface area (Å²) in [4.78, 5) is 14.8. The summed E-state index contributed by atoms with van der Waals surface area (Å²) in [6.07, 6.45) is 0.470. The highest BCUT2D eigenvalue weighted by molar-refractivity contribution is 8.45. The number of pyridine rings is 1. The summed E-state index contributed by atoms with van der Waals surface area (Å²) in [6.45, 7) is 0. The van der Waals surface area contributed by atoms with E-state index in [9.17, 15) is 4.79 Å². The minimum atomic E-state index is -0.833. The van der Waals surface area contributed by atoms with Crippen LogP contribution >= 0.6 is 31.8 Å². The van der Waals surface area contributed by atoms with Gasteiger partial charge in [-0.05, 0) is 10.4 Å². The lowest BCUT2D eigenvalue weighted by Crippen LogP contribution is -1.96. The molecule has 0 bridgehead atoms. The second kappa shape index (κ2) is 6.55. The average molecular weight is 355 g/mol. The lowest BCUT2D eigenvalue weighted by Gasteiger charge is -1.93. The molecule has 0 amide bonds. The Bertz CT molecular complexity index is 817. The number of fused-ring (bicyclic) bond motifs is 1. The lowest BCUT2D eigenvalue weighted by molar-refractivity contribution is -0.136. The van der Waals surface area contributed by atoms with Gasteiger partial charge in [0.2, 0.25) is 26.7 Å². The van der Waals surface area contributed by atoms with Crippen LogP contribution in [0.5, 0.6) is 5.88 Å². The Balaban J connectivity index is 1.74. The first kappa shape index (κ1) is 15.1. The monoisotopic (exact) mass is 355 g/mol. The molecule has 3 rings (SSSR count). The van der Waals surface area contributed by atoms with Gasteiger partial charge in [0.05, 0.1) is 18.9 Å². The van der Waals surface area contributed by atoms with Gasteiger partial charge < -0.3 is 9.84 Å². The number of hydrogen-bond donors (Lipinski definition) is 1. The maximum absolute atomic E-state index is 10.6. The molecular weight excluding hydrogens is 344 g/mol. The van der Waals surface area contributed by atoms with Crippen LogP contribution in [0.1, 0.15) is 11.4 Å². The maximum Gasteiger partial charge on any atom is 0.303 e. The molecule has 0 aliphatic rings. The molecule has 0 spiro atoms. The number of nitrogens with zero attached hydrogens (tertiary/aromatic N) is 4. The topological polar surface area (TPSA) is 98.1 Å². The van der Waals surface area contributed by atoms with Crippen molar-refractivity contribution in [1.82, 2.24) is 19.6 Å². The van der Waals surface area contributed by atoms with Gasteiger partial charge in [-0.15, -0.1) is 10.2 Å². The molecule has 1 unspecified atom stereocenters. The number of methoxy groups -OCH3 is 1. The van der Waals surface area contributed by atoms with Gasteiger partial charge >= 0.3 is 5.97 Å². The molecule has 1 N–H and O–H groups in total. The Kier molecular flexibility index (Phi) is 4.50. The summed E-state index contributed by atoms with van der Waals surface area (Å²) in [5.41, 5.74) is 0.672. The third-order valence-electron chi connectivity index (χ3n) is 2.65. The van der Waals surface area contributed by atoms with E-state index in [-0.39, 0.29) is 6.42 Å². The third kappa shape index (κ3) is 3.51. The quantitative estimate of drug-likeness (QED) is 0.532. The summed E-state index contributed by atoms with van der Waals surface area (Å²) in [5, 5.41) is 20.5. The van der Waals surface area contributed by atoms with E-state index in [2.05, 4.69) is 19.6 Å². The van der Waals surface area contributed by atoms with Gasteiger partial charge in [-0.3, -0.25) is 4.79 Å². The van der Waals surface area contributed by atoms with Gasteiger partial charge in [0, 0.05) is 12.5 Å². The lowest BCUT2D eigenvalue weighted by atomic mass is 10.3. The first-order valence-electron chi connectivity index (χ1n) is 6.21. The van der Waals surface area contributed by atoms with Crippen LogP contribution in [-0.2, 0) is 11.2 Å². The van der Waals surface area contributed by atoms with E-state index in [1.165, 1.54) is 22.1 Å². The number of hydrogen-bond acceptors (Lipinski definition) is 8. The first-order chi connectivity index (χ1) is 10.6. The third-order valence-corrected chi connectivity index (χ3v) is 6.95. The van der Waals surface area contributed by atoms with E-state index in [1.54, 1.807) is 13.2 Å². The van der Waals surface area contributed by atoms with E-state index in [4.69, 9.17) is 9.84 Å². The van der Waals surface area contributed by atoms with Crippen molar-refractivity contribution in [1.29, 1.82) is 0 Å². The molecule has 3 aromatic heterocycles. The Labute approximate surface area is 135 Å². The van der Waals surface area contributed by atoms with Crippen molar-refractivity contribution in [3.63, 3.8) is 0 Å². The van der Waals surface area contributed by atoms with Crippen molar-refractivity contribution in [3.8, 4) is 5.88 Å². The molecule has 0 fully saturated rings. The molecule has 0 radical (unpaired) electrons. The molecule has 114 valence electrons.